The standard InChI is InChI=1S/C17H22N4OS/c1-18-16(22)15-13(14-17(23-15)20-8-7-19-14)11-6-9-21(10-11)12-4-2-3-5-12/h7-8,11-12H,2-6,9-10H2,1H3,(H,18,22). The highest BCUT2D eigenvalue weighted by molar-refractivity contribution is 7.20. The predicted octanol–water partition coefficient (Wildman–Crippen LogP) is 2.78. The van der Waals surface area contributed by atoms with Crippen molar-refractivity contribution in [1.29, 1.82) is 0 Å². The zero-order valence-electron chi connectivity index (χ0n) is 13.4. The number of hydrogen-bond acceptors (Lipinski definition) is 5. The first-order valence-corrected chi connectivity index (χ1v) is 9.29. The van der Waals surface area contributed by atoms with Crippen LogP contribution < -0.4 is 5.32 Å². The van der Waals surface area contributed by atoms with Crippen LogP contribution in [0.1, 0.15) is 53.3 Å². The Bertz CT molecular complexity index is 722. The average Bonchev–Trinajstić information content (AvgIpc) is 3.30. The van der Waals surface area contributed by atoms with Gasteiger partial charge in [-0.2, -0.15) is 0 Å². The summed E-state index contributed by atoms with van der Waals surface area (Å²) in [7, 11) is 1.69. The van der Waals surface area contributed by atoms with Crippen LogP contribution in [0, 0.1) is 0 Å². The largest absolute Gasteiger partial charge is 0.354 e. The zero-order valence-corrected chi connectivity index (χ0v) is 14.2. The lowest BCUT2D eigenvalue weighted by atomic mass is 9.97. The summed E-state index contributed by atoms with van der Waals surface area (Å²) in [5.41, 5.74) is 2.05. The molecule has 2 aromatic heterocycles. The van der Waals surface area contributed by atoms with Crippen LogP contribution in [0.3, 0.4) is 0 Å². The van der Waals surface area contributed by atoms with Gasteiger partial charge in [0.15, 0.2) is 0 Å². The molecular formula is C17H22N4OS. The number of thiophene rings is 1. The molecule has 3 heterocycles. The number of carbonyl (C=O) groups excluding carboxylic acids is 1. The first kappa shape index (κ1) is 15.0. The maximum absolute atomic E-state index is 12.3. The first-order chi connectivity index (χ1) is 11.3. The average molecular weight is 330 g/mol. The van der Waals surface area contributed by atoms with Gasteiger partial charge in [-0.15, -0.1) is 11.3 Å². The first-order valence-electron chi connectivity index (χ1n) is 8.47. The fraction of sp³-hybridized carbons (Fsp3) is 0.588. The highest BCUT2D eigenvalue weighted by Gasteiger charge is 2.34. The Hall–Kier alpha value is -1.53. The second kappa shape index (κ2) is 6.17. The van der Waals surface area contributed by atoms with Crippen molar-refractivity contribution in [3.63, 3.8) is 0 Å². The number of nitrogens with one attached hydrogen (secondary N) is 1. The van der Waals surface area contributed by atoms with E-state index in [-0.39, 0.29) is 5.91 Å². The molecule has 1 saturated heterocycles. The van der Waals surface area contributed by atoms with Gasteiger partial charge in [0, 0.05) is 43.5 Å². The number of aromatic nitrogens is 2. The maximum Gasteiger partial charge on any atom is 0.261 e. The van der Waals surface area contributed by atoms with Crippen molar-refractivity contribution in [2.75, 3.05) is 20.1 Å². The maximum atomic E-state index is 12.3. The van der Waals surface area contributed by atoms with E-state index in [1.165, 1.54) is 37.0 Å². The van der Waals surface area contributed by atoms with E-state index in [1.54, 1.807) is 19.4 Å². The van der Waals surface area contributed by atoms with E-state index in [0.717, 1.165) is 46.3 Å². The molecule has 0 bridgehead atoms. The number of hydrogen-bond donors (Lipinski definition) is 1. The summed E-state index contributed by atoms with van der Waals surface area (Å²) in [5.74, 6) is 0.387. The molecule has 2 aromatic rings. The summed E-state index contributed by atoms with van der Waals surface area (Å²) in [6, 6.07) is 0.749. The third kappa shape index (κ3) is 2.64. The Balaban J connectivity index is 1.68. The van der Waals surface area contributed by atoms with Gasteiger partial charge >= 0.3 is 0 Å². The minimum absolute atomic E-state index is 0.0101. The van der Waals surface area contributed by atoms with Gasteiger partial charge in [-0.05, 0) is 25.8 Å². The molecule has 1 saturated carbocycles. The monoisotopic (exact) mass is 330 g/mol. The Morgan fingerprint density at radius 2 is 2.04 bits per heavy atom. The molecule has 1 atom stereocenters. The van der Waals surface area contributed by atoms with Crippen LogP contribution in [0.2, 0.25) is 0 Å². The van der Waals surface area contributed by atoms with Crippen LogP contribution in [-0.4, -0.2) is 47.0 Å². The molecule has 6 heteroatoms. The Labute approximate surface area is 140 Å². The van der Waals surface area contributed by atoms with Crippen molar-refractivity contribution in [1.82, 2.24) is 20.2 Å². The van der Waals surface area contributed by atoms with Crippen LogP contribution in [0.4, 0.5) is 0 Å². The minimum Gasteiger partial charge on any atom is -0.354 e. The molecule has 1 N–H and O–H groups in total. The molecule has 2 aliphatic rings. The van der Waals surface area contributed by atoms with Crippen molar-refractivity contribution in [2.45, 2.75) is 44.1 Å². The zero-order chi connectivity index (χ0) is 15.8. The van der Waals surface area contributed by atoms with Gasteiger partial charge in [0.1, 0.15) is 10.3 Å². The van der Waals surface area contributed by atoms with Gasteiger partial charge in [-0.3, -0.25) is 14.7 Å². The molecule has 0 aromatic carbocycles. The predicted molar refractivity (Wildman–Crippen MR) is 92.0 cm³/mol. The van der Waals surface area contributed by atoms with Gasteiger partial charge in [0.05, 0.1) is 4.88 Å². The van der Waals surface area contributed by atoms with Crippen LogP contribution >= 0.6 is 11.3 Å². The summed E-state index contributed by atoms with van der Waals surface area (Å²) in [5, 5.41) is 2.77. The van der Waals surface area contributed by atoms with E-state index >= 15 is 0 Å². The topological polar surface area (TPSA) is 58.1 Å². The van der Waals surface area contributed by atoms with Gasteiger partial charge in [0.2, 0.25) is 0 Å². The molecule has 2 fully saturated rings. The molecule has 1 unspecified atom stereocenters. The lowest BCUT2D eigenvalue weighted by molar-refractivity contribution is 0.0966. The van der Waals surface area contributed by atoms with Gasteiger partial charge in [-0.25, -0.2) is 4.98 Å². The Kier molecular flexibility index (Phi) is 4.03. The second-order valence-corrected chi connectivity index (χ2v) is 7.55. The normalized spacial score (nSPS) is 22.9. The summed E-state index contributed by atoms with van der Waals surface area (Å²) in [4.78, 5) is 25.6. The number of nitrogens with zero attached hydrogens (tertiary/aromatic N) is 3. The fourth-order valence-corrected chi connectivity index (χ4v) is 5.26. The fourth-order valence-electron chi connectivity index (χ4n) is 4.13. The SMILES string of the molecule is CNC(=O)c1sc2nccnc2c1C1CCN(C2CCCC2)C1. The number of likely N-dealkylation sites (tertiary alicyclic amines) is 1. The van der Waals surface area contributed by atoms with E-state index in [9.17, 15) is 4.79 Å². The number of rotatable bonds is 3. The van der Waals surface area contributed by atoms with E-state index in [1.807, 2.05) is 0 Å². The van der Waals surface area contributed by atoms with E-state index in [4.69, 9.17) is 0 Å². The van der Waals surface area contributed by atoms with Crippen molar-refractivity contribution in [3.8, 4) is 0 Å². The van der Waals surface area contributed by atoms with E-state index in [2.05, 4.69) is 20.2 Å². The lowest BCUT2D eigenvalue weighted by Gasteiger charge is -2.23. The van der Waals surface area contributed by atoms with Crippen LogP contribution in [0.5, 0.6) is 0 Å². The summed E-state index contributed by atoms with van der Waals surface area (Å²) in [6.45, 7) is 2.19. The minimum atomic E-state index is -0.0101. The second-order valence-electron chi connectivity index (χ2n) is 6.55. The third-order valence-electron chi connectivity index (χ3n) is 5.27. The highest BCUT2D eigenvalue weighted by Crippen LogP contribution is 2.40. The van der Waals surface area contributed by atoms with E-state index in [0.29, 0.717) is 5.92 Å². The lowest BCUT2D eigenvalue weighted by Crippen LogP contribution is -2.30. The quantitative estimate of drug-likeness (QED) is 0.940. The number of carbonyl (C=O) groups is 1. The number of fused-ring (bicyclic) bond motifs is 1. The summed E-state index contributed by atoms with van der Waals surface area (Å²) >= 11 is 1.47. The number of amides is 1. The molecule has 0 radical (unpaired) electrons. The van der Waals surface area contributed by atoms with Crippen molar-refractivity contribution in [3.05, 3.63) is 22.8 Å². The Morgan fingerprint density at radius 3 is 2.83 bits per heavy atom. The molecule has 1 amide bonds. The molecular weight excluding hydrogens is 308 g/mol. The van der Waals surface area contributed by atoms with Gasteiger partial charge < -0.3 is 5.32 Å². The van der Waals surface area contributed by atoms with Gasteiger partial charge in [-0.1, -0.05) is 12.8 Å². The van der Waals surface area contributed by atoms with E-state index < -0.39 is 0 Å². The van der Waals surface area contributed by atoms with Gasteiger partial charge in [0.25, 0.3) is 5.91 Å². The molecule has 1 aliphatic carbocycles. The molecule has 5 nitrogen and oxygen atoms in total. The molecule has 122 valence electrons. The van der Waals surface area contributed by atoms with Crippen LogP contribution in [0.15, 0.2) is 12.4 Å². The molecule has 0 spiro atoms. The molecule has 23 heavy (non-hydrogen) atoms. The Morgan fingerprint density at radius 1 is 1.26 bits per heavy atom. The van der Waals surface area contributed by atoms with Crippen LogP contribution in [0.25, 0.3) is 10.3 Å². The smallest absolute Gasteiger partial charge is 0.261 e. The summed E-state index contributed by atoms with van der Waals surface area (Å²) < 4.78 is 0. The third-order valence-corrected chi connectivity index (χ3v) is 6.37. The van der Waals surface area contributed by atoms with Crippen molar-refractivity contribution >= 4 is 27.6 Å². The van der Waals surface area contributed by atoms with Crippen molar-refractivity contribution in [2.24, 2.45) is 0 Å². The van der Waals surface area contributed by atoms with Crippen molar-refractivity contribution < 1.29 is 4.79 Å². The molecule has 1 aliphatic heterocycles. The summed E-state index contributed by atoms with van der Waals surface area (Å²) in [6.07, 6.45) is 9.94. The molecule has 4 rings (SSSR count). The highest BCUT2D eigenvalue weighted by atomic mass is 32.1. The van der Waals surface area contributed by atoms with Crippen LogP contribution in [-0.2, 0) is 0 Å².